The molecule has 3 aromatic rings. The Morgan fingerprint density at radius 2 is 2.08 bits per heavy atom. The molecule has 2 heterocycles. The molecule has 2 aromatic heterocycles. The lowest BCUT2D eigenvalue weighted by Gasteiger charge is -2.04. The van der Waals surface area contributed by atoms with Gasteiger partial charge in [0.1, 0.15) is 6.54 Å². The number of benzene rings is 1. The van der Waals surface area contributed by atoms with E-state index in [4.69, 9.17) is 28.3 Å². The molecule has 11 heteroatoms. The first kappa shape index (κ1) is 18.4. The highest BCUT2D eigenvalue weighted by molar-refractivity contribution is 7.20. The average molecular weight is 414 g/mol. The molecule has 8 nitrogen and oxygen atoms in total. The fourth-order valence-corrected chi connectivity index (χ4v) is 3.41. The Morgan fingerprint density at radius 1 is 1.31 bits per heavy atom. The standard InChI is InChI=1S/C15H13Cl2N5O3S/c1-7-12(13(25)18-6-11(23)24)22-15(20-7)26-14(21-22)19-5-8-2-3-9(16)10(17)4-8/h2-4H,5-6H2,1H3,(H,18,25)(H,19,21)(H,23,24). The molecule has 0 unspecified atom stereocenters. The van der Waals surface area contributed by atoms with Gasteiger partial charge in [-0.15, -0.1) is 5.10 Å². The Labute approximate surface area is 161 Å². The normalized spacial score (nSPS) is 10.9. The van der Waals surface area contributed by atoms with Crippen molar-refractivity contribution in [3.8, 4) is 0 Å². The third-order valence-corrected chi connectivity index (χ3v) is 5.03. The smallest absolute Gasteiger partial charge is 0.322 e. The van der Waals surface area contributed by atoms with Crippen molar-refractivity contribution in [2.24, 2.45) is 0 Å². The average Bonchev–Trinajstić information content (AvgIpc) is 3.09. The second-order valence-electron chi connectivity index (χ2n) is 5.33. The number of hydrogen-bond donors (Lipinski definition) is 3. The molecule has 26 heavy (non-hydrogen) atoms. The number of nitrogens with zero attached hydrogens (tertiary/aromatic N) is 3. The summed E-state index contributed by atoms with van der Waals surface area (Å²) in [5.74, 6) is -1.67. The highest BCUT2D eigenvalue weighted by atomic mass is 35.5. The van der Waals surface area contributed by atoms with Crippen molar-refractivity contribution in [2.75, 3.05) is 11.9 Å². The quantitative estimate of drug-likeness (QED) is 0.573. The number of carboxylic acid groups (broad SMARTS) is 1. The number of aryl methyl sites for hydroxylation is 1. The maximum atomic E-state index is 12.2. The van der Waals surface area contributed by atoms with Crippen LogP contribution in [-0.4, -0.2) is 38.1 Å². The van der Waals surface area contributed by atoms with Crippen LogP contribution >= 0.6 is 34.5 Å². The van der Waals surface area contributed by atoms with E-state index in [2.05, 4.69) is 20.7 Å². The molecule has 0 atom stereocenters. The summed E-state index contributed by atoms with van der Waals surface area (Å²) in [5.41, 5.74) is 1.60. The molecule has 1 amide bonds. The number of hydrogen-bond acceptors (Lipinski definition) is 6. The largest absolute Gasteiger partial charge is 0.480 e. The predicted octanol–water partition coefficient (Wildman–Crippen LogP) is 2.83. The Hall–Kier alpha value is -2.36. The van der Waals surface area contributed by atoms with Gasteiger partial charge in [-0.3, -0.25) is 9.59 Å². The fraction of sp³-hybridized carbons (Fsp3) is 0.200. The molecule has 0 saturated carbocycles. The summed E-state index contributed by atoms with van der Waals surface area (Å²) in [7, 11) is 0. The van der Waals surface area contributed by atoms with Crippen LogP contribution in [0, 0.1) is 6.92 Å². The molecular weight excluding hydrogens is 401 g/mol. The maximum Gasteiger partial charge on any atom is 0.322 e. The lowest BCUT2D eigenvalue weighted by atomic mass is 10.2. The fourth-order valence-electron chi connectivity index (χ4n) is 2.25. The number of rotatable bonds is 6. The Balaban J connectivity index is 1.77. The van der Waals surface area contributed by atoms with Crippen LogP contribution in [-0.2, 0) is 11.3 Å². The van der Waals surface area contributed by atoms with Crippen LogP contribution in [0.5, 0.6) is 0 Å². The highest BCUT2D eigenvalue weighted by Crippen LogP contribution is 2.25. The van der Waals surface area contributed by atoms with Gasteiger partial charge in [0.2, 0.25) is 10.1 Å². The second-order valence-corrected chi connectivity index (χ2v) is 7.10. The van der Waals surface area contributed by atoms with Crippen molar-refractivity contribution in [1.82, 2.24) is 19.9 Å². The second kappa shape index (κ2) is 7.48. The monoisotopic (exact) mass is 413 g/mol. The minimum atomic E-state index is -1.13. The van der Waals surface area contributed by atoms with E-state index >= 15 is 0 Å². The Bertz CT molecular complexity index is 1000. The van der Waals surface area contributed by atoms with Crippen molar-refractivity contribution in [3.63, 3.8) is 0 Å². The van der Waals surface area contributed by atoms with Gasteiger partial charge in [0.05, 0.1) is 15.7 Å². The molecule has 0 aliphatic heterocycles. The first-order valence-corrected chi connectivity index (χ1v) is 8.96. The van der Waals surface area contributed by atoms with Crippen molar-refractivity contribution in [3.05, 3.63) is 45.2 Å². The van der Waals surface area contributed by atoms with Gasteiger partial charge < -0.3 is 15.7 Å². The van der Waals surface area contributed by atoms with Crippen LogP contribution in [0.4, 0.5) is 5.13 Å². The molecule has 136 valence electrons. The van der Waals surface area contributed by atoms with Gasteiger partial charge in [0.25, 0.3) is 5.91 Å². The summed E-state index contributed by atoms with van der Waals surface area (Å²) < 4.78 is 1.40. The van der Waals surface area contributed by atoms with E-state index in [1.807, 2.05) is 6.07 Å². The SMILES string of the molecule is Cc1nc2sc(NCc3ccc(Cl)c(Cl)c3)nn2c1C(=O)NCC(=O)O. The highest BCUT2D eigenvalue weighted by Gasteiger charge is 2.20. The number of amides is 1. The zero-order valence-electron chi connectivity index (χ0n) is 13.4. The van der Waals surface area contributed by atoms with Crippen LogP contribution in [0.3, 0.4) is 0 Å². The number of fused-ring (bicyclic) bond motifs is 1. The minimum Gasteiger partial charge on any atom is -0.480 e. The van der Waals surface area contributed by atoms with Crippen molar-refractivity contribution < 1.29 is 14.7 Å². The summed E-state index contributed by atoms with van der Waals surface area (Å²) in [6.07, 6.45) is 0. The van der Waals surface area contributed by atoms with E-state index in [0.717, 1.165) is 5.56 Å². The zero-order chi connectivity index (χ0) is 18.8. The first-order valence-electron chi connectivity index (χ1n) is 7.39. The van der Waals surface area contributed by atoms with E-state index in [-0.39, 0.29) is 5.69 Å². The van der Waals surface area contributed by atoms with Gasteiger partial charge >= 0.3 is 5.97 Å². The molecule has 3 rings (SSSR count). The number of halogens is 2. The molecule has 1 aromatic carbocycles. The molecule has 0 saturated heterocycles. The first-order chi connectivity index (χ1) is 12.3. The number of anilines is 1. The molecule has 0 aliphatic carbocycles. The van der Waals surface area contributed by atoms with E-state index in [9.17, 15) is 9.59 Å². The number of carboxylic acids is 1. The number of aliphatic carboxylic acids is 1. The summed E-state index contributed by atoms with van der Waals surface area (Å²) >= 11 is 13.2. The van der Waals surface area contributed by atoms with Gasteiger partial charge in [-0.25, -0.2) is 4.98 Å². The van der Waals surface area contributed by atoms with Crippen LogP contribution in [0.15, 0.2) is 18.2 Å². The summed E-state index contributed by atoms with van der Waals surface area (Å²) in [6.45, 7) is 1.66. The number of carbonyl (C=O) groups is 2. The van der Waals surface area contributed by atoms with Crippen molar-refractivity contribution in [1.29, 1.82) is 0 Å². The molecule has 0 fully saturated rings. The van der Waals surface area contributed by atoms with Crippen LogP contribution in [0.2, 0.25) is 10.0 Å². The predicted molar refractivity (Wildman–Crippen MR) is 99.4 cm³/mol. The van der Waals surface area contributed by atoms with Crippen molar-refractivity contribution in [2.45, 2.75) is 13.5 Å². The lowest BCUT2D eigenvalue weighted by Crippen LogP contribution is -2.30. The summed E-state index contributed by atoms with van der Waals surface area (Å²) in [5, 5.41) is 20.0. The lowest BCUT2D eigenvalue weighted by molar-refractivity contribution is -0.135. The third kappa shape index (κ3) is 3.90. The molecule has 0 spiro atoms. The van der Waals surface area contributed by atoms with Gasteiger partial charge in [0, 0.05) is 6.54 Å². The number of nitrogens with one attached hydrogen (secondary N) is 2. The number of carbonyl (C=O) groups excluding carboxylic acids is 1. The van der Waals surface area contributed by atoms with Crippen LogP contribution < -0.4 is 10.6 Å². The minimum absolute atomic E-state index is 0.208. The van der Waals surface area contributed by atoms with E-state index in [1.54, 1.807) is 19.1 Å². The van der Waals surface area contributed by atoms with Gasteiger partial charge in [-0.1, -0.05) is 40.6 Å². The van der Waals surface area contributed by atoms with E-state index in [0.29, 0.717) is 32.4 Å². The summed E-state index contributed by atoms with van der Waals surface area (Å²) in [6, 6.07) is 5.31. The number of imidazole rings is 1. The van der Waals surface area contributed by atoms with Crippen molar-refractivity contribution >= 4 is 56.5 Å². The maximum absolute atomic E-state index is 12.2. The van der Waals surface area contributed by atoms with E-state index < -0.39 is 18.4 Å². The molecular formula is C15H13Cl2N5O3S. The molecule has 0 bridgehead atoms. The third-order valence-electron chi connectivity index (χ3n) is 3.42. The van der Waals surface area contributed by atoms with Gasteiger partial charge in [0.15, 0.2) is 5.69 Å². The van der Waals surface area contributed by atoms with Crippen LogP contribution in [0.25, 0.3) is 4.96 Å². The molecule has 3 N–H and O–H groups in total. The molecule has 0 aliphatic rings. The number of aromatic nitrogens is 3. The zero-order valence-corrected chi connectivity index (χ0v) is 15.7. The Kier molecular flexibility index (Phi) is 5.30. The summed E-state index contributed by atoms with van der Waals surface area (Å²) in [4.78, 5) is 27.6. The topological polar surface area (TPSA) is 109 Å². The van der Waals surface area contributed by atoms with Gasteiger partial charge in [-0.2, -0.15) is 4.52 Å². The Morgan fingerprint density at radius 3 is 2.77 bits per heavy atom. The van der Waals surface area contributed by atoms with Crippen LogP contribution in [0.1, 0.15) is 21.7 Å². The molecule has 0 radical (unpaired) electrons. The van der Waals surface area contributed by atoms with Gasteiger partial charge in [-0.05, 0) is 24.6 Å². The van der Waals surface area contributed by atoms with E-state index in [1.165, 1.54) is 15.9 Å².